The Morgan fingerprint density at radius 2 is 1.74 bits per heavy atom. The second-order valence-corrected chi connectivity index (χ2v) is 6.78. The van der Waals surface area contributed by atoms with Gasteiger partial charge in [0.15, 0.2) is 0 Å². The third-order valence-corrected chi connectivity index (χ3v) is 5.33. The van der Waals surface area contributed by atoms with Crippen LogP contribution in [0.1, 0.15) is 24.3 Å². The predicted octanol–water partition coefficient (Wildman–Crippen LogP) is 1.08. The number of piperidine rings is 1. The van der Waals surface area contributed by atoms with Gasteiger partial charge in [-0.1, -0.05) is 0 Å². The zero-order valence-electron chi connectivity index (χ0n) is 13.6. The van der Waals surface area contributed by atoms with E-state index in [1.807, 2.05) is 0 Å². The molecule has 0 amide bonds. The molecular formula is C17H26N4O2. The molecule has 23 heavy (non-hydrogen) atoms. The molecule has 126 valence electrons. The molecule has 3 saturated heterocycles. The highest BCUT2D eigenvalue weighted by Crippen LogP contribution is 2.32. The second-order valence-electron chi connectivity index (χ2n) is 6.78. The smallest absolute Gasteiger partial charge is 0.131 e. The number of pyridine rings is 1. The van der Waals surface area contributed by atoms with Gasteiger partial charge < -0.3 is 20.1 Å². The lowest BCUT2D eigenvalue weighted by Gasteiger charge is -2.41. The summed E-state index contributed by atoms with van der Waals surface area (Å²) in [5.41, 5.74) is 7.43. The van der Waals surface area contributed by atoms with Gasteiger partial charge >= 0.3 is 0 Å². The number of nitrogens with two attached hydrogens (primary N) is 1. The van der Waals surface area contributed by atoms with Crippen LogP contribution in [0.4, 0.5) is 11.6 Å². The zero-order valence-corrected chi connectivity index (χ0v) is 13.6. The largest absolute Gasteiger partial charge is 0.384 e. The van der Waals surface area contributed by atoms with Gasteiger partial charge in [0, 0.05) is 13.1 Å². The van der Waals surface area contributed by atoms with Crippen molar-refractivity contribution in [3.63, 3.8) is 0 Å². The Bertz CT molecular complexity index is 535. The van der Waals surface area contributed by atoms with Crippen molar-refractivity contribution in [3.05, 3.63) is 17.7 Å². The summed E-state index contributed by atoms with van der Waals surface area (Å²) in [5, 5.41) is 0. The molecule has 3 aliphatic rings. The minimum atomic E-state index is 0.595. The number of hydrogen-bond acceptors (Lipinski definition) is 6. The van der Waals surface area contributed by atoms with Crippen molar-refractivity contribution in [1.29, 1.82) is 0 Å². The fraction of sp³-hybridized carbons (Fsp3) is 0.706. The number of anilines is 2. The molecule has 6 nitrogen and oxygen atoms in total. The highest BCUT2D eigenvalue weighted by molar-refractivity contribution is 5.49. The van der Waals surface area contributed by atoms with E-state index in [4.69, 9.17) is 15.2 Å². The van der Waals surface area contributed by atoms with Crippen LogP contribution in [0.2, 0.25) is 0 Å². The standard InChI is InChI=1S/C17H26N4O2/c18-16-9-14(10-17(19-16)21-5-7-22-8-6-21)13-1-3-20(4-2-13)15-11-23-12-15/h9-10,13,15H,1-8,11-12H2,(H2,18,19). The van der Waals surface area contributed by atoms with Crippen LogP contribution in [0.3, 0.4) is 0 Å². The molecule has 4 rings (SSSR count). The third kappa shape index (κ3) is 3.29. The van der Waals surface area contributed by atoms with Gasteiger partial charge in [-0.15, -0.1) is 0 Å². The molecule has 1 aromatic rings. The van der Waals surface area contributed by atoms with Gasteiger partial charge in [-0.2, -0.15) is 0 Å². The molecule has 0 bridgehead atoms. The Balaban J connectivity index is 1.44. The summed E-state index contributed by atoms with van der Waals surface area (Å²) in [5.74, 6) is 2.24. The maximum Gasteiger partial charge on any atom is 0.131 e. The van der Waals surface area contributed by atoms with Crippen molar-refractivity contribution in [2.24, 2.45) is 0 Å². The van der Waals surface area contributed by atoms with Gasteiger partial charge in [0.1, 0.15) is 11.6 Å². The van der Waals surface area contributed by atoms with Crippen molar-refractivity contribution in [3.8, 4) is 0 Å². The van der Waals surface area contributed by atoms with E-state index >= 15 is 0 Å². The molecule has 2 N–H and O–H groups in total. The monoisotopic (exact) mass is 318 g/mol. The molecule has 3 fully saturated rings. The van der Waals surface area contributed by atoms with Crippen molar-refractivity contribution in [1.82, 2.24) is 9.88 Å². The molecule has 0 spiro atoms. The number of aromatic nitrogens is 1. The van der Waals surface area contributed by atoms with E-state index in [0.29, 0.717) is 17.8 Å². The molecule has 0 aliphatic carbocycles. The van der Waals surface area contributed by atoms with E-state index in [1.54, 1.807) is 0 Å². The van der Waals surface area contributed by atoms with Crippen LogP contribution in [0, 0.1) is 0 Å². The Morgan fingerprint density at radius 1 is 1.00 bits per heavy atom. The van der Waals surface area contributed by atoms with E-state index in [0.717, 1.165) is 58.4 Å². The quantitative estimate of drug-likeness (QED) is 0.900. The van der Waals surface area contributed by atoms with E-state index in [2.05, 4.69) is 26.9 Å². The van der Waals surface area contributed by atoms with Crippen LogP contribution in [0.5, 0.6) is 0 Å². The summed E-state index contributed by atoms with van der Waals surface area (Å²) in [6, 6.07) is 4.97. The Kier molecular flexibility index (Phi) is 4.37. The van der Waals surface area contributed by atoms with E-state index in [9.17, 15) is 0 Å². The van der Waals surface area contributed by atoms with Crippen molar-refractivity contribution in [2.45, 2.75) is 24.8 Å². The summed E-state index contributed by atoms with van der Waals surface area (Å²) < 4.78 is 10.7. The molecule has 6 heteroatoms. The summed E-state index contributed by atoms with van der Waals surface area (Å²) in [4.78, 5) is 9.40. The van der Waals surface area contributed by atoms with Crippen LogP contribution in [-0.2, 0) is 9.47 Å². The molecule has 0 radical (unpaired) electrons. The first kappa shape index (κ1) is 15.2. The fourth-order valence-corrected chi connectivity index (χ4v) is 3.78. The number of hydrogen-bond donors (Lipinski definition) is 1. The van der Waals surface area contributed by atoms with Crippen LogP contribution in [0.25, 0.3) is 0 Å². The molecule has 0 saturated carbocycles. The Hall–Kier alpha value is -1.37. The minimum absolute atomic E-state index is 0.595. The van der Waals surface area contributed by atoms with Crippen LogP contribution in [0.15, 0.2) is 12.1 Å². The Labute approximate surface area is 137 Å². The summed E-state index contributed by atoms with van der Waals surface area (Å²) in [7, 11) is 0. The van der Waals surface area contributed by atoms with Crippen molar-refractivity contribution in [2.75, 3.05) is 63.2 Å². The highest BCUT2D eigenvalue weighted by atomic mass is 16.5. The lowest BCUT2D eigenvalue weighted by Crippen LogP contribution is -2.51. The van der Waals surface area contributed by atoms with Gasteiger partial charge in [0.2, 0.25) is 0 Å². The minimum Gasteiger partial charge on any atom is -0.384 e. The number of likely N-dealkylation sites (tertiary alicyclic amines) is 1. The first-order valence-electron chi connectivity index (χ1n) is 8.71. The number of nitrogens with zero attached hydrogens (tertiary/aromatic N) is 3. The third-order valence-electron chi connectivity index (χ3n) is 5.33. The number of nitrogen functional groups attached to an aromatic ring is 1. The Morgan fingerprint density at radius 3 is 2.39 bits per heavy atom. The fourth-order valence-electron chi connectivity index (χ4n) is 3.78. The average molecular weight is 318 g/mol. The second kappa shape index (κ2) is 6.63. The summed E-state index contributed by atoms with van der Waals surface area (Å²) in [6.07, 6.45) is 2.39. The molecule has 0 unspecified atom stereocenters. The van der Waals surface area contributed by atoms with Crippen LogP contribution < -0.4 is 10.6 Å². The first-order chi connectivity index (χ1) is 11.3. The van der Waals surface area contributed by atoms with Gasteiger partial charge in [0.05, 0.1) is 32.5 Å². The van der Waals surface area contributed by atoms with E-state index in [1.165, 1.54) is 18.4 Å². The average Bonchev–Trinajstić information content (AvgIpc) is 2.54. The van der Waals surface area contributed by atoms with Gasteiger partial charge in [-0.25, -0.2) is 4.98 Å². The predicted molar refractivity (Wildman–Crippen MR) is 89.8 cm³/mol. The first-order valence-corrected chi connectivity index (χ1v) is 8.71. The number of rotatable bonds is 3. The van der Waals surface area contributed by atoms with Gasteiger partial charge in [-0.05, 0) is 49.5 Å². The molecule has 0 atom stereocenters. The number of morpholine rings is 1. The lowest BCUT2D eigenvalue weighted by atomic mass is 9.89. The zero-order chi connectivity index (χ0) is 15.6. The SMILES string of the molecule is Nc1cc(C2CCN(C3COC3)CC2)cc(N2CCOCC2)n1. The van der Waals surface area contributed by atoms with E-state index < -0.39 is 0 Å². The van der Waals surface area contributed by atoms with Gasteiger partial charge in [-0.3, -0.25) is 4.90 Å². The van der Waals surface area contributed by atoms with Crippen LogP contribution in [-0.4, -0.2) is 68.5 Å². The lowest BCUT2D eigenvalue weighted by molar-refractivity contribution is -0.0712. The highest BCUT2D eigenvalue weighted by Gasteiger charge is 2.30. The maximum atomic E-state index is 6.08. The summed E-state index contributed by atoms with van der Waals surface area (Å²) in [6.45, 7) is 7.48. The maximum absolute atomic E-state index is 6.08. The van der Waals surface area contributed by atoms with E-state index in [-0.39, 0.29) is 0 Å². The van der Waals surface area contributed by atoms with Crippen molar-refractivity contribution >= 4 is 11.6 Å². The van der Waals surface area contributed by atoms with Gasteiger partial charge in [0.25, 0.3) is 0 Å². The topological polar surface area (TPSA) is 63.8 Å². The molecule has 4 heterocycles. The summed E-state index contributed by atoms with van der Waals surface area (Å²) >= 11 is 0. The molecule has 3 aliphatic heterocycles. The molecular weight excluding hydrogens is 292 g/mol. The normalized spacial score (nSPS) is 24.6. The number of ether oxygens (including phenoxy) is 2. The molecule has 0 aromatic carbocycles. The van der Waals surface area contributed by atoms with Crippen LogP contribution >= 0.6 is 0 Å². The molecule has 1 aromatic heterocycles. The van der Waals surface area contributed by atoms with Crippen molar-refractivity contribution < 1.29 is 9.47 Å².